The highest BCUT2D eigenvalue weighted by Crippen LogP contribution is 2.32. The Kier molecular flexibility index (Phi) is 7.31. The Morgan fingerprint density at radius 2 is 2.07 bits per heavy atom. The lowest BCUT2D eigenvalue weighted by Crippen LogP contribution is -2.40. The molecule has 0 amide bonds. The highest BCUT2D eigenvalue weighted by Gasteiger charge is 2.24. The molecular formula is C21H22Cl2N2O3. The van der Waals surface area contributed by atoms with Crippen LogP contribution in [0.5, 0.6) is 0 Å². The summed E-state index contributed by atoms with van der Waals surface area (Å²) in [4.78, 5) is 18.6. The van der Waals surface area contributed by atoms with Crippen LogP contribution in [0.3, 0.4) is 0 Å². The summed E-state index contributed by atoms with van der Waals surface area (Å²) < 4.78 is 0. The molecule has 1 heterocycles. The molecule has 3 rings (SSSR count). The number of hydrogen-bond donors (Lipinski definition) is 1. The number of nitrogens with zero attached hydrogens (tertiary/aromatic N) is 2. The zero-order valence-electron chi connectivity index (χ0n) is 15.4. The summed E-state index contributed by atoms with van der Waals surface area (Å²) in [5.41, 5.74) is 2.70. The topological polar surface area (TPSA) is 62.1 Å². The standard InChI is InChI=1S/C21H22Cl2N2O3/c22-17-7-8-19(20(23)12-17)18-6-2-1-4-15(18)13-24-28-11-10-25-9-3-5-16(14-25)21(26)27/h1-2,4,6-8,12-13,16H,3,5,9-11,14H2,(H,26,27)/b24-13+. The van der Waals surface area contributed by atoms with Crippen LogP contribution in [0.4, 0.5) is 0 Å². The molecule has 0 spiro atoms. The van der Waals surface area contributed by atoms with Crippen molar-refractivity contribution in [3.8, 4) is 11.1 Å². The van der Waals surface area contributed by atoms with Gasteiger partial charge in [0.25, 0.3) is 0 Å². The Morgan fingerprint density at radius 3 is 2.86 bits per heavy atom. The lowest BCUT2D eigenvalue weighted by atomic mass is 9.98. The molecule has 148 valence electrons. The number of benzene rings is 2. The summed E-state index contributed by atoms with van der Waals surface area (Å²) in [7, 11) is 0. The van der Waals surface area contributed by atoms with Crippen LogP contribution in [0.1, 0.15) is 18.4 Å². The molecule has 7 heteroatoms. The van der Waals surface area contributed by atoms with E-state index in [0.29, 0.717) is 29.7 Å². The Balaban J connectivity index is 1.57. The number of likely N-dealkylation sites (tertiary alicyclic amines) is 1. The number of piperidine rings is 1. The highest BCUT2D eigenvalue weighted by atomic mass is 35.5. The number of rotatable bonds is 7. The molecule has 1 aliphatic rings. The first-order valence-corrected chi connectivity index (χ1v) is 9.95. The molecule has 1 unspecified atom stereocenters. The molecule has 0 aromatic heterocycles. The van der Waals surface area contributed by atoms with Crippen LogP contribution in [0.25, 0.3) is 11.1 Å². The van der Waals surface area contributed by atoms with Crippen molar-refractivity contribution in [2.24, 2.45) is 11.1 Å². The van der Waals surface area contributed by atoms with Gasteiger partial charge in [0, 0.05) is 34.3 Å². The molecule has 1 fully saturated rings. The zero-order chi connectivity index (χ0) is 19.9. The Labute approximate surface area is 174 Å². The van der Waals surface area contributed by atoms with Crippen molar-refractivity contribution in [1.29, 1.82) is 0 Å². The van der Waals surface area contributed by atoms with Gasteiger partial charge in [0.15, 0.2) is 0 Å². The number of carbonyl (C=O) groups is 1. The summed E-state index contributed by atoms with van der Waals surface area (Å²) >= 11 is 12.3. The third kappa shape index (κ3) is 5.47. The van der Waals surface area contributed by atoms with Crippen molar-refractivity contribution >= 4 is 35.4 Å². The first kappa shape index (κ1) is 20.6. The third-order valence-electron chi connectivity index (χ3n) is 4.80. The van der Waals surface area contributed by atoms with Crippen LogP contribution < -0.4 is 0 Å². The number of aliphatic carboxylic acids is 1. The van der Waals surface area contributed by atoms with E-state index in [0.717, 1.165) is 36.1 Å². The third-order valence-corrected chi connectivity index (χ3v) is 5.35. The quantitative estimate of drug-likeness (QED) is 0.396. The fraction of sp³-hybridized carbons (Fsp3) is 0.333. The molecule has 2 aromatic rings. The minimum atomic E-state index is -0.721. The minimum Gasteiger partial charge on any atom is -0.481 e. The normalized spacial score (nSPS) is 17.7. The molecule has 1 saturated heterocycles. The SMILES string of the molecule is O=C(O)C1CCCN(CCO/N=C/c2ccccc2-c2ccc(Cl)cc2Cl)C1. The second-order valence-corrected chi connectivity index (χ2v) is 7.60. The predicted molar refractivity (Wildman–Crippen MR) is 112 cm³/mol. The molecule has 1 aliphatic heterocycles. The molecule has 28 heavy (non-hydrogen) atoms. The number of carboxylic acids is 1. The second-order valence-electron chi connectivity index (χ2n) is 6.76. The van der Waals surface area contributed by atoms with Crippen molar-refractivity contribution in [3.05, 3.63) is 58.1 Å². The van der Waals surface area contributed by atoms with E-state index in [-0.39, 0.29) is 5.92 Å². The van der Waals surface area contributed by atoms with Crippen LogP contribution >= 0.6 is 23.2 Å². The van der Waals surface area contributed by atoms with E-state index >= 15 is 0 Å². The Hall–Kier alpha value is -2.08. The fourth-order valence-corrected chi connectivity index (χ4v) is 3.85. The first-order chi connectivity index (χ1) is 13.5. The van der Waals surface area contributed by atoms with Gasteiger partial charge in [-0.25, -0.2) is 0 Å². The molecule has 0 bridgehead atoms. The average molecular weight is 421 g/mol. The van der Waals surface area contributed by atoms with E-state index in [1.807, 2.05) is 30.3 Å². The minimum absolute atomic E-state index is 0.284. The highest BCUT2D eigenvalue weighted by molar-refractivity contribution is 6.36. The second kappa shape index (κ2) is 9.92. The summed E-state index contributed by atoms with van der Waals surface area (Å²) in [6, 6.07) is 13.2. The van der Waals surface area contributed by atoms with E-state index < -0.39 is 5.97 Å². The molecule has 5 nitrogen and oxygen atoms in total. The average Bonchev–Trinajstić information content (AvgIpc) is 2.68. The van der Waals surface area contributed by atoms with Crippen molar-refractivity contribution in [2.45, 2.75) is 12.8 Å². The van der Waals surface area contributed by atoms with E-state index in [1.165, 1.54) is 0 Å². The van der Waals surface area contributed by atoms with Gasteiger partial charge in [-0.3, -0.25) is 9.69 Å². The summed E-state index contributed by atoms with van der Waals surface area (Å²) in [5.74, 6) is -1.01. The van der Waals surface area contributed by atoms with Crippen LogP contribution in [0.15, 0.2) is 47.6 Å². The summed E-state index contributed by atoms with van der Waals surface area (Å²) in [6.45, 7) is 2.54. The van der Waals surface area contributed by atoms with Crippen molar-refractivity contribution in [3.63, 3.8) is 0 Å². The largest absolute Gasteiger partial charge is 0.481 e. The number of oxime groups is 1. The summed E-state index contributed by atoms with van der Waals surface area (Å²) in [6.07, 6.45) is 3.31. The van der Waals surface area contributed by atoms with Gasteiger partial charge < -0.3 is 9.94 Å². The van der Waals surface area contributed by atoms with Crippen LogP contribution in [-0.4, -0.2) is 48.4 Å². The van der Waals surface area contributed by atoms with Gasteiger partial charge in [-0.2, -0.15) is 0 Å². The maximum absolute atomic E-state index is 11.1. The number of carboxylic acid groups (broad SMARTS) is 1. The molecule has 1 N–H and O–H groups in total. The van der Waals surface area contributed by atoms with Crippen molar-refractivity contribution in [2.75, 3.05) is 26.2 Å². The smallest absolute Gasteiger partial charge is 0.307 e. The van der Waals surface area contributed by atoms with Gasteiger partial charge >= 0.3 is 5.97 Å². The van der Waals surface area contributed by atoms with Crippen LogP contribution in [0, 0.1) is 5.92 Å². The first-order valence-electron chi connectivity index (χ1n) is 9.19. The monoisotopic (exact) mass is 420 g/mol. The number of hydrogen-bond acceptors (Lipinski definition) is 4. The van der Waals surface area contributed by atoms with Gasteiger partial charge in [-0.15, -0.1) is 0 Å². The Morgan fingerprint density at radius 1 is 1.25 bits per heavy atom. The van der Waals surface area contributed by atoms with E-state index in [2.05, 4.69) is 10.1 Å². The van der Waals surface area contributed by atoms with Crippen LogP contribution in [0.2, 0.25) is 10.0 Å². The number of halogens is 2. The van der Waals surface area contributed by atoms with Crippen molar-refractivity contribution < 1.29 is 14.7 Å². The van der Waals surface area contributed by atoms with Gasteiger partial charge in [-0.05, 0) is 37.1 Å². The van der Waals surface area contributed by atoms with E-state index in [1.54, 1.807) is 18.3 Å². The zero-order valence-corrected chi connectivity index (χ0v) is 16.9. The fourth-order valence-electron chi connectivity index (χ4n) is 3.34. The molecule has 0 aliphatic carbocycles. The Bertz CT molecular complexity index is 857. The van der Waals surface area contributed by atoms with Gasteiger partial charge in [-0.1, -0.05) is 58.7 Å². The molecule has 0 saturated carbocycles. The molecule has 1 atom stereocenters. The lowest BCUT2D eigenvalue weighted by Gasteiger charge is -2.29. The van der Waals surface area contributed by atoms with Crippen LogP contribution in [-0.2, 0) is 9.63 Å². The molecule has 2 aromatic carbocycles. The summed E-state index contributed by atoms with van der Waals surface area (Å²) in [5, 5.41) is 14.4. The van der Waals surface area contributed by atoms with Gasteiger partial charge in [0.05, 0.1) is 12.1 Å². The van der Waals surface area contributed by atoms with Crippen molar-refractivity contribution in [1.82, 2.24) is 4.90 Å². The lowest BCUT2D eigenvalue weighted by molar-refractivity contribution is -0.143. The van der Waals surface area contributed by atoms with E-state index in [4.69, 9.17) is 33.1 Å². The van der Waals surface area contributed by atoms with Gasteiger partial charge in [0.2, 0.25) is 0 Å². The van der Waals surface area contributed by atoms with E-state index in [9.17, 15) is 4.79 Å². The van der Waals surface area contributed by atoms with Gasteiger partial charge in [0.1, 0.15) is 6.61 Å². The maximum atomic E-state index is 11.1. The molecule has 0 radical (unpaired) electrons. The maximum Gasteiger partial charge on any atom is 0.307 e. The predicted octanol–water partition coefficient (Wildman–Crippen LogP) is 4.81. The molecular weight excluding hydrogens is 399 g/mol.